The summed E-state index contributed by atoms with van der Waals surface area (Å²) < 4.78 is 29.5. The van der Waals surface area contributed by atoms with Gasteiger partial charge in [0.1, 0.15) is 11.9 Å². The zero-order chi connectivity index (χ0) is 17.8. The predicted octanol–water partition coefficient (Wildman–Crippen LogP) is 3.06. The Morgan fingerprint density at radius 3 is 2.60 bits per heavy atom. The van der Waals surface area contributed by atoms with E-state index < -0.39 is 0 Å². The van der Waals surface area contributed by atoms with Crippen molar-refractivity contribution in [3.8, 4) is 11.5 Å². The molecule has 25 heavy (non-hydrogen) atoms. The lowest BCUT2D eigenvalue weighted by atomic mass is 10.1. The number of morpholine rings is 1. The normalized spacial score (nSPS) is 17.2. The zero-order valence-corrected chi connectivity index (χ0v) is 14.2. The van der Waals surface area contributed by atoms with Crippen LogP contribution in [0.5, 0.6) is 11.5 Å². The Morgan fingerprint density at radius 2 is 1.92 bits per heavy atom. The summed E-state index contributed by atoms with van der Waals surface area (Å²) in [4.78, 5) is 14.7. The minimum atomic E-state index is -0.298. The maximum absolute atomic E-state index is 13.1. The first kappa shape index (κ1) is 17.2. The summed E-state index contributed by atoms with van der Waals surface area (Å²) in [6, 6.07) is 11.4. The summed E-state index contributed by atoms with van der Waals surface area (Å²) in [5, 5.41) is 0. The molecule has 0 radical (unpaired) electrons. The average Bonchev–Trinajstić information content (AvgIpc) is 2.67. The van der Waals surface area contributed by atoms with Crippen molar-refractivity contribution in [3.63, 3.8) is 0 Å². The summed E-state index contributed by atoms with van der Waals surface area (Å²) in [5.41, 5.74) is 1.29. The maximum atomic E-state index is 13.1. The number of nitrogens with zero attached hydrogens (tertiary/aromatic N) is 1. The third-order valence-corrected chi connectivity index (χ3v) is 4.23. The summed E-state index contributed by atoms with van der Waals surface area (Å²) in [6.45, 7) is 1.29. The maximum Gasteiger partial charge on any atom is 0.257 e. The number of amides is 1. The molecule has 2 aromatic carbocycles. The molecule has 0 N–H and O–H groups in total. The molecule has 132 valence electrons. The zero-order valence-electron chi connectivity index (χ0n) is 14.2. The van der Waals surface area contributed by atoms with E-state index in [0.29, 0.717) is 36.8 Å². The number of hydrogen-bond donors (Lipinski definition) is 0. The third kappa shape index (κ3) is 3.58. The highest BCUT2D eigenvalue weighted by Crippen LogP contribution is 2.32. The van der Waals surface area contributed by atoms with Crippen molar-refractivity contribution in [2.75, 3.05) is 33.9 Å². The third-order valence-electron chi connectivity index (χ3n) is 4.23. The van der Waals surface area contributed by atoms with Gasteiger partial charge >= 0.3 is 0 Å². The van der Waals surface area contributed by atoms with E-state index in [1.807, 2.05) is 0 Å². The lowest BCUT2D eigenvalue weighted by Crippen LogP contribution is -2.42. The van der Waals surface area contributed by atoms with E-state index in [1.165, 1.54) is 26.4 Å². The van der Waals surface area contributed by atoms with Crippen molar-refractivity contribution in [1.29, 1.82) is 0 Å². The fraction of sp³-hybridized carbons (Fsp3) is 0.316. The van der Waals surface area contributed by atoms with Gasteiger partial charge in [0.2, 0.25) is 0 Å². The van der Waals surface area contributed by atoms with Crippen LogP contribution in [-0.2, 0) is 4.74 Å². The molecule has 0 aliphatic carbocycles. The molecule has 0 aromatic heterocycles. The van der Waals surface area contributed by atoms with Crippen molar-refractivity contribution >= 4 is 5.91 Å². The fourth-order valence-electron chi connectivity index (χ4n) is 2.94. The van der Waals surface area contributed by atoms with Gasteiger partial charge in [0.05, 0.1) is 32.9 Å². The van der Waals surface area contributed by atoms with E-state index >= 15 is 0 Å². The Bertz CT molecular complexity index is 748. The Kier molecular flexibility index (Phi) is 5.19. The first-order chi connectivity index (χ1) is 12.1. The molecule has 1 unspecified atom stereocenters. The van der Waals surface area contributed by atoms with E-state index in [0.717, 1.165) is 5.56 Å². The molecule has 0 saturated carbocycles. The second-order valence-electron chi connectivity index (χ2n) is 5.70. The fourth-order valence-corrected chi connectivity index (χ4v) is 2.94. The average molecular weight is 345 g/mol. The molecule has 1 aliphatic heterocycles. The Hall–Kier alpha value is -2.60. The number of carbonyl (C=O) groups is 1. The molecule has 1 amide bonds. The standard InChI is InChI=1S/C19H20FNO4/c1-23-16-5-3-4-15(18(16)24-2)19(22)21-10-11-25-17(12-21)13-6-8-14(20)9-7-13/h3-9,17H,10-12H2,1-2H3. The molecule has 0 spiro atoms. The van der Waals surface area contributed by atoms with Crippen LogP contribution in [0, 0.1) is 5.82 Å². The van der Waals surface area contributed by atoms with Gasteiger partial charge in [-0.05, 0) is 29.8 Å². The molecule has 1 atom stereocenters. The smallest absolute Gasteiger partial charge is 0.257 e. The summed E-state index contributed by atoms with van der Waals surface area (Å²) >= 11 is 0. The van der Waals surface area contributed by atoms with Gasteiger partial charge in [0.25, 0.3) is 5.91 Å². The Balaban J connectivity index is 1.82. The number of rotatable bonds is 4. The first-order valence-corrected chi connectivity index (χ1v) is 8.01. The molecule has 6 heteroatoms. The van der Waals surface area contributed by atoms with Crippen molar-refractivity contribution in [3.05, 3.63) is 59.4 Å². The molecule has 0 bridgehead atoms. The second-order valence-corrected chi connectivity index (χ2v) is 5.70. The van der Waals surface area contributed by atoms with Gasteiger partial charge in [0, 0.05) is 6.54 Å². The highest BCUT2D eigenvalue weighted by atomic mass is 19.1. The van der Waals surface area contributed by atoms with Gasteiger partial charge in [-0.2, -0.15) is 0 Å². The molecule has 1 heterocycles. The molecule has 5 nitrogen and oxygen atoms in total. The van der Waals surface area contributed by atoms with E-state index in [4.69, 9.17) is 14.2 Å². The van der Waals surface area contributed by atoms with Crippen LogP contribution in [0.15, 0.2) is 42.5 Å². The number of ether oxygens (including phenoxy) is 3. The molecular formula is C19H20FNO4. The van der Waals surface area contributed by atoms with Crippen LogP contribution in [0.1, 0.15) is 22.0 Å². The van der Waals surface area contributed by atoms with Crippen LogP contribution >= 0.6 is 0 Å². The van der Waals surface area contributed by atoms with Gasteiger partial charge in [-0.25, -0.2) is 4.39 Å². The van der Waals surface area contributed by atoms with E-state index in [-0.39, 0.29) is 17.8 Å². The molecule has 2 aromatic rings. The number of methoxy groups -OCH3 is 2. The summed E-state index contributed by atoms with van der Waals surface area (Å²) in [7, 11) is 3.04. The van der Waals surface area contributed by atoms with E-state index in [2.05, 4.69) is 0 Å². The largest absolute Gasteiger partial charge is 0.493 e. The van der Waals surface area contributed by atoms with Crippen molar-refractivity contribution in [2.45, 2.75) is 6.10 Å². The van der Waals surface area contributed by atoms with Crippen LogP contribution in [0.3, 0.4) is 0 Å². The molecule has 1 fully saturated rings. The number of para-hydroxylation sites is 1. The molecule has 1 aliphatic rings. The minimum absolute atomic E-state index is 0.147. The monoisotopic (exact) mass is 345 g/mol. The van der Waals surface area contributed by atoms with Gasteiger partial charge < -0.3 is 19.1 Å². The van der Waals surface area contributed by atoms with Gasteiger partial charge in [-0.15, -0.1) is 0 Å². The quantitative estimate of drug-likeness (QED) is 0.855. The van der Waals surface area contributed by atoms with Gasteiger partial charge in [-0.3, -0.25) is 4.79 Å². The molecular weight excluding hydrogens is 325 g/mol. The highest BCUT2D eigenvalue weighted by Gasteiger charge is 2.28. The predicted molar refractivity (Wildman–Crippen MR) is 90.5 cm³/mol. The minimum Gasteiger partial charge on any atom is -0.493 e. The van der Waals surface area contributed by atoms with Gasteiger partial charge in [-0.1, -0.05) is 18.2 Å². The van der Waals surface area contributed by atoms with E-state index in [1.54, 1.807) is 35.2 Å². The molecule has 3 rings (SSSR count). The SMILES string of the molecule is COc1cccc(C(=O)N2CCOC(c3ccc(F)cc3)C2)c1OC. The lowest BCUT2D eigenvalue weighted by molar-refractivity contribution is -0.0229. The Labute approximate surface area is 145 Å². The van der Waals surface area contributed by atoms with Crippen molar-refractivity contribution in [1.82, 2.24) is 4.90 Å². The van der Waals surface area contributed by atoms with Gasteiger partial charge in [0.15, 0.2) is 11.5 Å². The van der Waals surface area contributed by atoms with Crippen LogP contribution in [0.25, 0.3) is 0 Å². The lowest BCUT2D eigenvalue weighted by Gasteiger charge is -2.33. The number of carbonyl (C=O) groups excluding carboxylic acids is 1. The summed E-state index contributed by atoms with van der Waals surface area (Å²) in [5.74, 6) is 0.483. The number of halogens is 1. The number of benzene rings is 2. The van der Waals surface area contributed by atoms with Crippen LogP contribution in [0.4, 0.5) is 4.39 Å². The molecule has 1 saturated heterocycles. The second kappa shape index (κ2) is 7.53. The van der Waals surface area contributed by atoms with Crippen molar-refractivity contribution in [2.24, 2.45) is 0 Å². The highest BCUT2D eigenvalue weighted by molar-refractivity contribution is 5.98. The van der Waals surface area contributed by atoms with Crippen LogP contribution in [-0.4, -0.2) is 44.7 Å². The van der Waals surface area contributed by atoms with E-state index in [9.17, 15) is 9.18 Å². The summed E-state index contributed by atoms with van der Waals surface area (Å²) in [6.07, 6.45) is -0.282. The Morgan fingerprint density at radius 1 is 1.16 bits per heavy atom. The topological polar surface area (TPSA) is 48.0 Å². The first-order valence-electron chi connectivity index (χ1n) is 8.01. The van der Waals surface area contributed by atoms with Crippen molar-refractivity contribution < 1.29 is 23.4 Å². The van der Waals surface area contributed by atoms with Crippen LogP contribution < -0.4 is 9.47 Å². The van der Waals surface area contributed by atoms with Crippen LogP contribution in [0.2, 0.25) is 0 Å². The number of hydrogen-bond acceptors (Lipinski definition) is 4.